The third-order valence-corrected chi connectivity index (χ3v) is 8.53. The summed E-state index contributed by atoms with van der Waals surface area (Å²) < 4.78 is 20.7. The Hall–Kier alpha value is -3.04. The van der Waals surface area contributed by atoms with Gasteiger partial charge in [0.2, 0.25) is 5.91 Å². The number of pyridine rings is 1. The molecule has 2 amide bonds. The summed E-state index contributed by atoms with van der Waals surface area (Å²) in [6.07, 6.45) is 4.14. The number of likely N-dealkylation sites (tertiary alicyclic amines) is 2. The predicted octanol–water partition coefficient (Wildman–Crippen LogP) is 3.82. The predicted molar refractivity (Wildman–Crippen MR) is 148 cm³/mol. The fourth-order valence-corrected chi connectivity index (χ4v) is 5.56. The van der Waals surface area contributed by atoms with Crippen LogP contribution in [0.5, 0.6) is 5.75 Å². The molecule has 2 saturated heterocycles. The van der Waals surface area contributed by atoms with Crippen LogP contribution in [0.15, 0.2) is 42.6 Å². The second-order valence-electron chi connectivity index (χ2n) is 11.3. The van der Waals surface area contributed by atoms with E-state index in [9.17, 15) is 19.1 Å². The quantitative estimate of drug-likeness (QED) is 0.474. The van der Waals surface area contributed by atoms with E-state index < -0.39 is 23.2 Å². The van der Waals surface area contributed by atoms with Crippen LogP contribution in [0.2, 0.25) is 0 Å². The van der Waals surface area contributed by atoms with Gasteiger partial charge in [-0.15, -0.1) is 0 Å². The van der Waals surface area contributed by atoms with Crippen molar-refractivity contribution in [2.24, 2.45) is 11.7 Å². The van der Waals surface area contributed by atoms with Gasteiger partial charge in [-0.3, -0.25) is 14.6 Å². The Morgan fingerprint density at radius 2 is 1.82 bits per heavy atom. The van der Waals surface area contributed by atoms with Crippen LogP contribution in [0.25, 0.3) is 11.3 Å². The molecule has 3 heterocycles. The number of hydrogen-bond donors (Lipinski definition) is 2. The number of aromatic nitrogens is 1. The van der Waals surface area contributed by atoms with Gasteiger partial charge in [-0.05, 0) is 75.9 Å². The zero-order chi connectivity index (χ0) is 28.2. The molecule has 4 rings (SSSR count). The smallest absolute Gasteiger partial charge is 0.254 e. The van der Waals surface area contributed by atoms with Crippen LogP contribution in [-0.2, 0) is 4.79 Å². The number of carbonyl (C=O) groups excluding carboxylic acids is 2. The second-order valence-corrected chi connectivity index (χ2v) is 11.3. The molecule has 39 heavy (non-hydrogen) atoms. The van der Waals surface area contributed by atoms with E-state index in [1.807, 2.05) is 26.0 Å². The topological polar surface area (TPSA) is 109 Å². The molecule has 9 heteroatoms. The van der Waals surface area contributed by atoms with Crippen molar-refractivity contribution in [2.45, 2.75) is 70.2 Å². The fraction of sp³-hybridized carbons (Fsp3) is 0.567. The number of rotatable bonds is 10. The first-order chi connectivity index (χ1) is 18.6. The van der Waals surface area contributed by atoms with Crippen LogP contribution in [-0.4, -0.2) is 81.8 Å². The summed E-state index contributed by atoms with van der Waals surface area (Å²) in [5.74, 6) is 0.164. The third kappa shape index (κ3) is 6.58. The van der Waals surface area contributed by atoms with Crippen molar-refractivity contribution in [1.82, 2.24) is 14.8 Å². The van der Waals surface area contributed by atoms with Gasteiger partial charge in [-0.25, -0.2) is 4.39 Å². The van der Waals surface area contributed by atoms with E-state index >= 15 is 0 Å². The van der Waals surface area contributed by atoms with E-state index in [1.54, 1.807) is 37.4 Å². The number of benzene rings is 1. The number of halogens is 1. The van der Waals surface area contributed by atoms with Gasteiger partial charge in [0, 0.05) is 30.6 Å². The number of piperidine rings is 1. The van der Waals surface area contributed by atoms with E-state index in [2.05, 4.69) is 9.88 Å². The normalized spacial score (nSPS) is 22.7. The minimum absolute atomic E-state index is 0.0676. The van der Waals surface area contributed by atoms with Crippen LogP contribution in [0.4, 0.5) is 4.39 Å². The molecule has 2 aliphatic heterocycles. The van der Waals surface area contributed by atoms with E-state index in [0.717, 1.165) is 37.2 Å². The van der Waals surface area contributed by atoms with Crippen LogP contribution in [0.3, 0.4) is 0 Å². The lowest BCUT2D eigenvalue weighted by Crippen LogP contribution is -2.53. The van der Waals surface area contributed by atoms with Crippen LogP contribution in [0.1, 0.15) is 63.2 Å². The monoisotopic (exact) mass is 540 g/mol. The molecule has 3 N–H and O–H groups in total. The van der Waals surface area contributed by atoms with E-state index in [1.165, 1.54) is 4.90 Å². The molecular formula is C30H41FN4O4. The molecular weight excluding hydrogens is 499 g/mol. The lowest BCUT2D eigenvalue weighted by atomic mass is 9.94. The third-order valence-electron chi connectivity index (χ3n) is 8.53. The van der Waals surface area contributed by atoms with Crippen molar-refractivity contribution >= 4 is 11.8 Å². The number of nitrogens with two attached hydrogens (primary N) is 1. The molecule has 1 aromatic heterocycles. The summed E-state index contributed by atoms with van der Waals surface area (Å²) in [5.41, 5.74) is 5.23. The minimum Gasteiger partial charge on any atom is -0.492 e. The highest BCUT2D eigenvalue weighted by atomic mass is 19.1. The maximum Gasteiger partial charge on any atom is 0.254 e. The van der Waals surface area contributed by atoms with Gasteiger partial charge in [-0.1, -0.05) is 26.0 Å². The summed E-state index contributed by atoms with van der Waals surface area (Å²) in [6.45, 7) is 8.42. The van der Waals surface area contributed by atoms with Gasteiger partial charge in [0.05, 0.1) is 24.6 Å². The second kappa shape index (κ2) is 12.0. The molecule has 212 valence electrons. The highest BCUT2D eigenvalue weighted by Crippen LogP contribution is 2.31. The lowest BCUT2D eigenvalue weighted by molar-refractivity contribution is -0.126. The summed E-state index contributed by atoms with van der Waals surface area (Å²) in [7, 11) is 0. The van der Waals surface area contributed by atoms with Crippen molar-refractivity contribution in [3.05, 3.63) is 48.2 Å². The Morgan fingerprint density at radius 1 is 1.15 bits per heavy atom. The molecule has 2 aromatic rings. The number of nitrogens with zero attached hydrogens (tertiary/aromatic N) is 3. The number of β-amino-alcohol motifs (C(OH)–C–C–N with tert-alkyl or cyclic N) is 1. The number of hydrogen-bond acceptors (Lipinski definition) is 6. The molecule has 0 spiro atoms. The van der Waals surface area contributed by atoms with Gasteiger partial charge in [0.15, 0.2) is 0 Å². The summed E-state index contributed by atoms with van der Waals surface area (Å²) in [6, 6.07) is 10.8. The SMILES string of the molecule is CCC(F)(CC)CN1CCC(COc2ccc(-c3ccc(C(=O)N4CC(O)C[C@@]4(C)C(N)=O)cc3)nc2)CC1. The molecule has 2 aliphatic rings. The number of carbonyl (C=O) groups is 2. The number of alkyl halides is 1. The average molecular weight is 541 g/mol. The number of amides is 2. The minimum atomic E-state index is -1.21. The standard InChI is InChI=1S/C30H41FN4O4/c1-4-30(31,5-2)20-34-14-12-21(13-15-34)19-39-25-10-11-26(33-17-25)22-6-8-23(9-7-22)27(37)35-18-24(36)16-29(35,3)28(32)38/h6-11,17,21,24,36H,4-5,12-16,18-20H2,1-3H3,(H2,32,38)/t24?,29-/m0/s1. The molecule has 2 fully saturated rings. The maximum atomic E-state index is 14.7. The Labute approximate surface area is 230 Å². The molecule has 2 atom stereocenters. The number of primary amides is 1. The van der Waals surface area contributed by atoms with Crippen molar-refractivity contribution < 1.29 is 23.8 Å². The van der Waals surface area contributed by atoms with Crippen LogP contribution < -0.4 is 10.5 Å². The molecule has 0 radical (unpaired) electrons. The maximum absolute atomic E-state index is 14.7. The first kappa shape index (κ1) is 29.0. The van der Waals surface area contributed by atoms with Gasteiger partial charge in [-0.2, -0.15) is 0 Å². The van der Waals surface area contributed by atoms with Gasteiger partial charge >= 0.3 is 0 Å². The first-order valence-corrected chi connectivity index (χ1v) is 14.0. The summed E-state index contributed by atoms with van der Waals surface area (Å²) >= 11 is 0. The lowest BCUT2D eigenvalue weighted by Gasteiger charge is -2.36. The van der Waals surface area contributed by atoms with Gasteiger partial charge < -0.3 is 25.4 Å². The molecule has 0 saturated carbocycles. The zero-order valence-electron chi connectivity index (χ0n) is 23.2. The van der Waals surface area contributed by atoms with Crippen molar-refractivity contribution in [2.75, 3.05) is 32.8 Å². The first-order valence-electron chi connectivity index (χ1n) is 14.0. The van der Waals surface area contributed by atoms with Crippen LogP contribution in [0, 0.1) is 5.92 Å². The number of aliphatic hydroxyl groups excluding tert-OH is 1. The highest BCUT2D eigenvalue weighted by Gasteiger charge is 2.48. The molecule has 1 aromatic carbocycles. The Kier molecular flexibility index (Phi) is 8.91. The van der Waals surface area contributed by atoms with Crippen molar-refractivity contribution in [3.63, 3.8) is 0 Å². The van der Waals surface area contributed by atoms with Crippen molar-refractivity contribution in [1.29, 1.82) is 0 Å². The molecule has 0 bridgehead atoms. The highest BCUT2D eigenvalue weighted by molar-refractivity contribution is 5.99. The largest absolute Gasteiger partial charge is 0.492 e. The van der Waals surface area contributed by atoms with Crippen molar-refractivity contribution in [3.8, 4) is 17.0 Å². The van der Waals surface area contributed by atoms with E-state index in [4.69, 9.17) is 10.5 Å². The molecule has 8 nitrogen and oxygen atoms in total. The van der Waals surface area contributed by atoms with E-state index in [0.29, 0.717) is 43.2 Å². The Morgan fingerprint density at radius 3 is 2.38 bits per heavy atom. The summed E-state index contributed by atoms with van der Waals surface area (Å²) in [4.78, 5) is 33.2. The zero-order valence-corrected chi connectivity index (χ0v) is 23.2. The summed E-state index contributed by atoms with van der Waals surface area (Å²) in [5, 5.41) is 10.0. The Balaban J connectivity index is 1.29. The fourth-order valence-electron chi connectivity index (χ4n) is 5.56. The molecule has 1 unspecified atom stereocenters. The Bertz CT molecular complexity index is 1130. The molecule has 0 aliphatic carbocycles. The van der Waals surface area contributed by atoms with Gasteiger partial charge in [0.1, 0.15) is 17.0 Å². The number of aliphatic hydroxyl groups is 1. The number of ether oxygens (including phenoxy) is 1. The van der Waals surface area contributed by atoms with Gasteiger partial charge in [0.25, 0.3) is 5.91 Å². The average Bonchev–Trinajstić information content (AvgIpc) is 3.27. The van der Waals surface area contributed by atoms with Crippen LogP contribution >= 0.6 is 0 Å². The van der Waals surface area contributed by atoms with E-state index in [-0.39, 0.29) is 18.9 Å².